The first-order valence-corrected chi connectivity index (χ1v) is 12.3. The predicted molar refractivity (Wildman–Crippen MR) is 131 cm³/mol. The molecule has 0 radical (unpaired) electrons. The minimum atomic E-state index is -0.0216. The van der Waals surface area contributed by atoms with Crippen molar-refractivity contribution in [3.05, 3.63) is 36.4 Å². The zero-order valence-corrected chi connectivity index (χ0v) is 19.6. The van der Waals surface area contributed by atoms with Crippen molar-refractivity contribution in [2.24, 2.45) is 5.92 Å². The number of hydrogen-bond donors (Lipinski definition) is 1. The Bertz CT molecular complexity index is 1260. The van der Waals surface area contributed by atoms with Gasteiger partial charge in [0.1, 0.15) is 11.5 Å². The molecule has 1 aliphatic heterocycles. The van der Waals surface area contributed by atoms with E-state index in [4.69, 9.17) is 14.5 Å². The molecule has 1 aliphatic rings. The molecular formula is C23H24N4O3S2. The second-order valence-corrected chi connectivity index (χ2v) is 9.70. The average Bonchev–Trinajstić information content (AvgIpc) is 3.42. The number of aromatic nitrogens is 2. The number of fused-ring (bicyclic) bond motifs is 2. The van der Waals surface area contributed by atoms with Crippen LogP contribution in [0.5, 0.6) is 11.5 Å². The van der Waals surface area contributed by atoms with Crippen LogP contribution in [0.1, 0.15) is 19.8 Å². The maximum atomic E-state index is 12.9. The zero-order chi connectivity index (χ0) is 22.1. The van der Waals surface area contributed by atoms with Crippen molar-refractivity contribution in [1.29, 1.82) is 0 Å². The molecule has 32 heavy (non-hydrogen) atoms. The Labute approximate surface area is 194 Å². The van der Waals surface area contributed by atoms with Gasteiger partial charge < -0.3 is 19.7 Å². The molecule has 1 fully saturated rings. The number of carbonyl (C=O) groups is 1. The van der Waals surface area contributed by atoms with Gasteiger partial charge in [-0.1, -0.05) is 22.7 Å². The molecule has 3 heterocycles. The highest BCUT2D eigenvalue weighted by atomic mass is 32.1. The first-order valence-electron chi connectivity index (χ1n) is 10.7. The van der Waals surface area contributed by atoms with Crippen LogP contribution >= 0.6 is 22.7 Å². The van der Waals surface area contributed by atoms with E-state index in [0.717, 1.165) is 63.0 Å². The number of carbonyl (C=O) groups excluding carboxylic acids is 1. The van der Waals surface area contributed by atoms with E-state index in [0.29, 0.717) is 11.7 Å². The fourth-order valence-electron chi connectivity index (χ4n) is 3.91. The number of amides is 1. The molecule has 1 amide bonds. The number of benzene rings is 2. The zero-order valence-electron chi connectivity index (χ0n) is 18.0. The van der Waals surface area contributed by atoms with Crippen molar-refractivity contribution >= 4 is 59.3 Å². The van der Waals surface area contributed by atoms with E-state index in [9.17, 15) is 4.79 Å². The van der Waals surface area contributed by atoms with Gasteiger partial charge in [0.2, 0.25) is 5.91 Å². The molecule has 2 aromatic heterocycles. The van der Waals surface area contributed by atoms with Crippen LogP contribution < -0.4 is 19.7 Å². The van der Waals surface area contributed by atoms with Crippen LogP contribution in [0.4, 0.5) is 10.3 Å². The molecule has 0 spiro atoms. The average molecular weight is 469 g/mol. The Morgan fingerprint density at radius 3 is 2.50 bits per heavy atom. The van der Waals surface area contributed by atoms with E-state index in [1.165, 1.54) is 11.3 Å². The van der Waals surface area contributed by atoms with Gasteiger partial charge in [0.05, 0.1) is 34.1 Å². The maximum absolute atomic E-state index is 12.9. The summed E-state index contributed by atoms with van der Waals surface area (Å²) in [5.74, 6) is 1.68. The maximum Gasteiger partial charge on any atom is 0.229 e. The van der Waals surface area contributed by atoms with Gasteiger partial charge >= 0.3 is 0 Å². The van der Waals surface area contributed by atoms with Crippen LogP contribution in [-0.2, 0) is 4.79 Å². The third-order valence-electron chi connectivity index (χ3n) is 5.62. The van der Waals surface area contributed by atoms with Gasteiger partial charge in [-0.15, -0.1) is 0 Å². The van der Waals surface area contributed by atoms with E-state index in [2.05, 4.69) is 15.2 Å². The lowest BCUT2D eigenvalue weighted by molar-refractivity contribution is -0.120. The topological polar surface area (TPSA) is 76.6 Å². The number of methoxy groups -OCH3 is 1. The summed E-state index contributed by atoms with van der Waals surface area (Å²) in [7, 11) is 1.67. The van der Waals surface area contributed by atoms with Crippen LogP contribution in [0.25, 0.3) is 20.4 Å². The van der Waals surface area contributed by atoms with Crippen molar-refractivity contribution in [3.63, 3.8) is 0 Å². The van der Waals surface area contributed by atoms with Gasteiger partial charge in [0.15, 0.2) is 10.3 Å². The van der Waals surface area contributed by atoms with Gasteiger partial charge in [-0.25, -0.2) is 9.97 Å². The highest BCUT2D eigenvalue weighted by Crippen LogP contribution is 2.34. The van der Waals surface area contributed by atoms with Crippen LogP contribution in [0.2, 0.25) is 0 Å². The molecule has 0 aliphatic carbocycles. The van der Waals surface area contributed by atoms with E-state index < -0.39 is 0 Å². The van der Waals surface area contributed by atoms with E-state index >= 15 is 0 Å². The summed E-state index contributed by atoms with van der Waals surface area (Å²) >= 11 is 3.15. The molecule has 7 nitrogen and oxygen atoms in total. The summed E-state index contributed by atoms with van der Waals surface area (Å²) in [4.78, 5) is 24.4. The van der Waals surface area contributed by atoms with E-state index in [1.807, 2.05) is 43.3 Å². The molecule has 2 aromatic carbocycles. The number of nitrogens with one attached hydrogen (secondary N) is 1. The van der Waals surface area contributed by atoms with Crippen LogP contribution in [0.3, 0.4) is 0 Å². The summed E-state index contributed by atoms with van der Waals surface area (Å²) in [5.41, 5.74) is 1.85. The van der Waals surface area contributed by atoms with Crippen LogP contribution in [0.15, 0.2) is 36.4 Å². The Morgan fingerprint density at radius 2 is 1.75 bits per heavy atom. The number of hydrogen-bond acceptors (Lipinski definition) is 8. The molecule has 0 unspecified atom stereocenters. The number of rotatable bonds is 6. The summed E-state index contributed by atoms with van der Waals surface area (Å²) in [6, 6.07) is 11.7. The highest BCUT2D eigenvalue weighted by Gasteiger charge is 2.27. The Morgan fingerprint density at radius 1 is 1.06 bits per heavy atom. The Kier molecular flexibility index (Phi) is 5.84. The normalized spacial score (nSPS) is 14.8. The minimum absolute atomic E-state index is 0.0216. The van der Waals surface area contributed by atoms with Crippen molar-refractivity contribution in [2.45, 2.75) is 19.8 Å². The van der Waals surface area contributed by atoms with Crippen molar-refractivity contribution in [2.75, 3.05) is 37.0 Å². The minimum Gasteiger partial charge on any atom is -0.497 e. The highest BCUT2D eigenvalue weighted by molar-refractivity contribution is 7.22. The molecule has 166 valence electrons. The molecule has 0 atom stereocenters. The molecule has 0 saturated carbocycles. The first kappa shape index (κ1) is 21.0. The third kappa shape index (κ3) is 4.22. The molecule has 5 rings (SSSR count). The summed E-state index contributed by atoms with van der Waals surface area (Å²) in [6.45, 7) is 4.21. The number of anilines is 2. The number of thiazole rings is 2. The lowest BCUT2D eigenvalue weighted by atomic mass is 9.96. The van der Waals surface area contributed by atoms with Gasteiger partial charge in [-0.3, -0.25) is 4.79 Å². The summed E-state index contributed by atoms with van der Waals surface area (Å²) in [6.07, 6.45) is 1.59. The number of nitrogens with zero attached hydrogens (tertiary/aromatic N) is 3. The molecule has 1 N–H and O–H groups in total. The summed E-state index contributed by atoms with van der Waals surface area (Å²) in [5, 5.41) is 4.67. The third-order valence-corrected chi connectivity index (χ3v) is 7.63. The Balaban J connectivity index is 1.21. The van der Waals surface area contributed by atoms with Crippen LogP contribution in [0, 0.1) is 5.92 Å². The smallest absolute Gasteiger partial charge is 0.229 e. The molecule has 4 aromatic rings. The first-order chi connectivity index (χ1) is 15.6. The molecular weight excluding hydrogens is 444 g/mol. The van der Waals surface area contributed by atoms with Crippen molar-refractivity contribution in [1.82, 2.24) is 9.97 Å². The molecule has 0 bridgehead atoms. The lowest BCUT2D eigenvalue weighted by Gasteiger charge is -2.30. The molecule has 9 heteroatoms. The molecule has 1 saturated heterocycles. The second-order valence-electron chi connectivity index (χ2n) is 7.66. The predicted octanol–water partition coefficient (Wildman–Crippen LogP) is 5.17. The Hall–Kier alpha value is -2.91. The fourth-order valence-corrected chi connectivity index (χ4v) is 5.85. The van der Waals surface area contributed by atoms with Gasteiger partial charge in [0, 0.05) is 19.0 Å². The van der Waals surface area contributed by atoms with Crippen molar-refractivity contribution < 1.29 is 14.3 Å². The lowest BCUT2D eigenvalue weighted by Crippen LogP contribution is -2.38. The number of ether oxygens (including phenoxy) is 2. The standard InChI is InChI=1S/C23H24N4O3S2/c1-3-30-16-5-7-17-19(13-16)31-22(24-17)26-21(28)14-8-10-27(11-9-14)23-25-18-6-4-15(29-2)12-20(18)32-23/h4-7,12-14H,3,8-11H2,1-2H3,(H,24,26,28). The number of piperidine rings is 1. The van der Waals surface area contributed by atoms with Gasteiger partial charge in [-0.2, -0.15) is 0 Å². The van der Waals surface area contributed by atoms with Crippen LogP contribution in [-0.4, -0.2) is 42.7 Å². The van der Waals surface area contributed by atoms with E-state index in [1.54, 1.807) is 18.4 Å². The SMILES string of the molecule is CCOc1ccc2nc(NC(=O)C3CCN(c4nc5ccc(OC)cc5s4)CC3)sc2c1. The fraction of sp³-hybridized carbons (Fsp3) is 0.348. The van der Waals surface area contributed by atoms with Crippen molar-refractivity contribution in [3.8, 4) is 11.5 Å². The largest absolute Gasteiger partial charge is 0.497 e. The summed E-state index contributed by atoms with van der Waals surface area (Å²) < 4.78 is 13.0. The monoisotopic (exact) mass is 468 g/mol. The quantitative estimate of drug-likeness (QED) is 0.421. The second kappa shape index (κ2) is 8.91. The van der Waals surface area contributed by atoms with E-state index in [-0.39, 0.29) is 11.8 Å². The van der Waals surface area contributed by atoms with Gasteiger partial charge in [-0.05, 0) is 56.2 Å². The van der Waals surface area contributed by atoms with Gasteiger partial charge in [0.25, 0.3) is 0 Å².